The average molecular weight is 517 g/mol. The fourth-order valence-electron chi connectivity index (χ4n) is 3.91. The van der Waals surface area contributed by atoms with Gasteiger partial charge >= 0.3 is 18.2 Å². The SMILES string of the molecule is CCOC(=O)C1CCc2cc(-c3cc(Cl)ccc3N(C(=O)OC(C)(C)C)C(=O)OC(C)(C)C)cnc21. The molecule has 1 aliphatic carbocycles. The highest BCUT2D eigenvalue weighted by atomic mass is 35.5. The number of fused-ring (bicyclic) bond motifs is 1. The fraction of sp³-hybridized carbons (Fsp3) is 0.481. The summed E-state index contributed by atoms with van der Waals surface area (Å²) in [5.74, 6) is -0.700. The van der Waals surface area contributed by atoms with E-state index in [1.807, 2.05) is 6.07 Å². The van der Waals surface area contributed by atoms with Gasteiger partial charge in [0.15, 0.2) is 0 Å². The Labute approximate surface area is 216 Å². The van der Waals surface area contributed by atoms with Gasteiger partial charge in [0.2, 0.25) is 0 Å². The van der Waals surface area contributed by atoms with E-state index in [4.69, 9.17) is 25.8 Å². The van der Waals surface area contributed by atoms with E-state index in [1.54, 1.807) is 72.9 Å². The van der Waals surface area contributed by atoms with Gasteiger partial charge < -0.3 is 14.2 Å². The summed E-state index contributed by atoms with van der Waals surface area (Å²) in [6.07, 6.45) is 1.11. The van der Waals surface area contributed by atoms with Crippen molar-refractivity contribution < 1.29 is 28.6 Å². The molecule has 0 radical (unpaired) electrons. The largest absolute Gasteiger partial charge is 0.465 e. The quantitative estimate of drug-likeness (QED) is 0.330. The number of carbonyl (C=O) groups is 3. The van der Waals surface area contributed by atoms with Crippen molar-refractivity contribution in [2.75, 3.05) is 11.5 Å². The Kier molecular flexibility index (Phi) is 7.98. The van der Waals surface area contributed by atoms with E-state index in [0.717, 1.165) is 10.5 Å². The van der Waals surface area contributed by atoms with Crippen LogP contribution in [0.1, 0.15) is 72.1 Å². The average Bonchev–Trinajstić information content (AvgIpc) is 3.16. The van der Waals surface area contributed by atoms with Crippen LogP contribution in [0.5, 0.6) is 0 Å². The van der Waals surface area contributed by atoms with Crippen LogP contribution in [0, 0.1) is 0 Å². The Morgan fingerprint density at radius 3 is 2.19 bits per heavy atom. The summed E-state index contributed by atoms with van der Waals surface area (Å²) >= 11 is 6.33. The van der Waals surface area contributed by atoms with Crippen molar-refractivity contribution in [2.24, 2.45) is 0 Å². The normalized spacial score (nSPS) is 15.2. The Balaban J connectivity index is 2.09. The van der Waals surface area contributed by atoms with Gasteiger partial charge in [0, 0.05) is 22.3 Å². The van der Waals surface area contributed by atoms with Crippen molar-refractivity contribution >= 4 is 35.4 Å². The zero-order valence-corrected chi connectivity index (χ0v) is 22.6. The number of nitrogens with zero attached hydrogens (tertiary/aromatic N) is 2. The van der Waals surface area contributed by atoms with Crippen molar-refractivity contribution in [1.29, 1.82) is 0 Å². The predicted octanol–water partition coefficient (Wildman–Crippen LogP) is 6.67. The number of halogens is 1. The van der Waals surface area contributed by atoms with Crippen molar-refractivity contribution in [1.82, 2.24) is 4.98 Å². The van der Waals surface area contributed by atoms with Crippen molar-refractivity contribution in [2.45, 2.75) is 78.4 Å². The zero-order chi connectivity index (χ0) is 26.8. The van der Waals surface area contributed by atoms with E-state index in [9.17, 15) is 14.4 Å². The van der Waals surface area contributed by atoms with Gasteiger partial charge in [-0.3, -0.25) is 9.78 Å². The molecule has 0 spiro atoms. The van der Waals surface area contributed by atoms with Crippen molar-refractivity contribution in [3.8, 4) is 11.1 Å². The Morgan fingerprint density at radius 1 is 1.03 bits per heavy atom. The molecule has 1 atom stereocenters. The van der Waals surface area contributed by atoms with Gasteiger partial charge in [0.25, 0.3) is 0 Å². The van der Waals surface area contributed by atoms with Crippen molar-refractivity contribution in [3.63, 3.8) is 0 Å². The second-order valence-corrected chi connectivity index (χ2v) is 11.0. The van der Waals surface area contributed by atoms with Gasteiger partial charge in [-0.15, -0.1) is 0 Å². The standard InChI is InChI=1S/C27H33ClN2O6/c1-8-34-23(31)19-11-9-16-13-17(15-29-22(16)19)20-14-18(28)10-12-21(20)30(24(32)35-26(2,3)4)25(33)36-27(5,6)7/h10,12-15,19H,8-9,11H2,1-7H3. The molecule has 3 rings (SSSR count). The van der Waals surface area contributed by atoms with Gasteiger partial charge in [-0.25, -0.2) is 9.59 Å². The number of aromatic nitrogens is 1. The number of anilines is 1. The van der Waals surface area contributed by atoms with Gasteiger partial charge in [-0.2, -0.15) is 4.90 Å². The first kappa shape index (κ1) is 27.5. The lowest BCUT2D eigenvalue weighted by molar-refractivity contribution is -0.145. The Bertz CT molecular complexity index is 1140. The van der Waals surface area contributed by atoms with Gasteiger partial charge in [0.05, 0.1) is 23.9 Å². The molecular formula is C27H33ClN2O6. The number of imide groups is 1. The first-order chi connectivity index (χ1) is 16.7. The number of esters is 1. The molecular weight excluding hydrogens is 484 g/mol. The molecule has 1 aromatic carbocycles. The summed E-state index contributed by atoms with van der Waals surface area (Å²) in [6, 6.07) is 6.71. The van der Waals surface area contributed by atoms with Crippen LogP contribution in [-0.4, -0.2) is 40.9 Å². The van der Waals surface area contributed by atoms with Gasteiger partial charge in [-0.05, 0) is 91.1 Å². The number of benzene rings is 1. The van der Waals surface area contributed by atoms with Crippen LogP contribution >= 0.6 is 11.6 Å². The minimum absolute atomic E-state index is 0.240. The topological polar surface area (TPSA) is 95.0 Å². The van der Waals surface area contributed by atoms with Gasteiger partial charge in [-0.1, -0.05) is 11.6 Å². The predicted molar refractivity (Wildman–Crippen MR) is 137 cm³/mol. The maximum atomic E-state index is 13.2. The Hall–Kier alpha value is -3.13. The van der Waals surface area contributed by atoms with Crippen LogP contribution < -0.4 is 4.90 Å². The number of hydrogen-bond acceptors (Lipinski definition) is 7. The molecule has 1 heterocycles. The van der Waals surface area contributed by atoms with Crippen LogP contribution in [0.2, 0.25) is 5.02 Å². The number of ether oxygens (including phenoxy) is 3. The molecule has 8 nitrogen and oxygen atoms in total. The molecule has 1 aromatic heterocycles. The second kappa shape index (κ2) is 10.5. The van der Waals surface area contributed by atoms with Crippen LogP contribution in [0.3, 0.4) is 0 Å². The summed E-state index contributed by atoms with van der Waals surface area (Å²) in [7, 11) is 0. The van der Waals surface area contributed by atoms with Crippen LogP contribution in [0.4, 0.5) is 15.3 Å². The molecule has 1 aliphatic rings. The summed E-state index contributed by atoms with van der Waals surface area (Å²) in [5.41, 5.74) is 1.25. The van der Waals surface area contributed by atoms with E-state index in [2.05, 4.69) is 4.98 Å². The number of hydrogen-bond donors (Lipinski definition) is 0. The molecule has 0 fully saturated rings. The number of pyridine rings is 1. The number of carbonyl (C=O) groups excluding carboxylic acids is 3. The van der Waals surface area contributed by atoms with Crippen LogP contribution in [0.25, 0.3) is 11.1 Å². The molecule has 36 heavy (non-hydrogen) atoms. The maximum absolute atomic E-state index is 13.2. The fourth-order valence-corrected chi connectivity index (χ4v) is 4.08. The summed E-state index contributed by atoms with van der Waals surface area (Å²) in [5, 5.41) is 0.409. The van der Waals surface area contributed by atoms with E-state index in [-0.39, 0.29) is 11.7 Å². The first-order valence-corrected chi connectivity index (χ1v) is 12.3. The molecule has 9 heteroatoms. The third-order valence-electron chi connectivity index (χ3n) is 5.27. The maximum Gasteiger partial charge on any atom is 0.424 e. The molecule has 0 N–H and O–H groups in total. The summed E-state index contributed by atoms with van der Waals surface area (Å²) < 4.78 is 16.3. The second-order valence-electron chi connectivity index (χ2n) is 10.6. The van der Waals surface area contributed by atoms with Crippen molar-refractivity contribution in [3.05, 3.63) is 46.7 Å². The number of amides is 2. The highest BCUT2D eigenvalue weighted by Gasteiger charge is 2.35. The molecule has 0 saturated heterocycles. The summed E-state index contributed by atoms with van der Waals surface area (Å²) in [4.78, 5) is 44.2. The lowest BCUT2D eigenvalue weighted by Gasteiger charge is -2.29. The lowest BCUT2D eigenvalue weighted by Crippen LogP contribution is -2.44. The first-order valence-electron chi connectivity index (χ1n) is 11.9. The third kappa shape index (κ3) is 6.55. The van der Waals surface area contributed by atoms with Crippen LogP contribution in [0.15, 0.2) is 30.5 Å². The van der Waals surface area contributed by atoms with Gasteiger partial charge in [0.1, 0.15) is 11.2 Å². The smallest absolute Gasteiger partial charge is 0.424 e. The number of rotatable bonds is 4. The zero-order valence-electron chi connectivity index (χ0n) is 21.8. The van der Waals surface area contributed by atoms with E-state index in [1.165, 1.54) is 0 Å². The molecule has 0 saturated carbocycles. The lowest BCUT2D eigenvalue weighted by atomic mass is 10.0. The minimum atomic E-state index is -0.878. The van der Waals surface area contributed by atoms with E-state index < -0.39 is 29.3 Å². The highest BCUT2D eigenvalue weighted by molar-refractivity contribution is 6.31. The minimum Gasteiger partial charge on any atom is -0.465 e. The summed E-state index contributed by atoms with van der Waals surface area (Å²) in [6.45, 7) is 12.4. The molecule has 194 valence electrons. The van der Waals surface area contributed by atoms with E-state index in [0.29, 0.717) is 41.3 Å². The molecule has 1 unspecified atom stereocenters. The third-order valence-corrected chi connectivity index (χ3v) is 5.50. The van der Waals surface area contributed by atoms with Crippen LogP contribution in [-0.2, 0) is 25.4 Å². The molecule has 0 aliphatic heterocycles. The monoisotopic (exact) mass is 516 g/mol. The molecule has 0 bridgehead atoms. The Morgan fingerprint density at radius 2 is 1.64 bits per heavy atom. The number of aryl methyl sites for hydroxylation is 1. The van der Waals surface area contributed by atoms with E-state index >= 15 is 0 Å². The highest BCUT2D eigenvalue weighted by Crippen LogP contribution is 2.39. The molecule has 2 amide bonds. The molecule has 2 aromatic rings.